The molecule has 1 fully saturated rings. The van der Waals surface area contributed by atoms with E-state index >= 15 is 0 Å². The smallest absolute Gasteiger partial charge is 0.184 e. The molecular weight excluding hydrogens is 408 g/mol. The zero-order chi connectivity index (χ0) is 22.6. The summed E-state index contributed by atoms with van der Waals surface area (Å²) in [6.07, 6.45) is -0.286. The number of hydrogen-bond acceptors (Lipinski definition) is 6. The molecule has 1 unspecified atom stereocenters. The summed E-state index contributed by atoms with van der Waals surface area (Å²) in [5.74, 6) is 0. The lowest BCUT2D eigenvalue weighted by Gasteiger charge is -2.44. The Morgan fingerprint density at radius 3 is 1.91 bits per heavy atom. The second-order valence-electron chi connectivity index (χ2n) is 7.50. The Kier molecular flexibility index (Phi) is 10.1. The van der Waals surface area contributed by atoms with Crippen molar-refractivity contribution in [3.63, 3.8) is 0 Å². The van der Waals surface area contributed by atoms with Crippen LogP contribution in [-0.2, 0) is 36.9 Å². The van der Waals surface area contributed by atoms with Gasteiger partial charge in [0.05, 0.1) is 33.0 Å². The molecule has 1 aliphatic rings. The first-order valence-corrected chi connectivity index (χ1v) is 10.8. The number of hydrogen-bond donors (Lipinski definition) is 1. The van der Waals surface area contributed by atoms with Gasteiger partial charge in [0.2, 0.25) is 0 Å². The van der Waals surface area contributed by atoms with Crippen molar-refractivity contribution in [2.24, 2.45) is 0 Å². The third-order valence-electron chi connectivity index (χ3n) is 5.10. The van der Waals surface area contributed by atoms with Crippen molar-refractivity contribution in [2.45, 2.75) is 43.9 Å². The van der Waals surface area contributed by atoms with Crippen LogP contribution in [0, 0.1) is 0 Å². The van der Waals surface area contributed by atoms with Crippen molar-refractivity contribution < 1.29 is 28.8 Å². The molecular formula is C26H32O6. The summed E-state index contributed by atoms with van der Waals surface area (Å²) in [5.41, 5.74) is 2.06. The molecule has 1 saturated heterocycles. The van der Waals surface area contributed by atoms with E-state index in [0.29, 0.717) is 19.8 Å². The van der Waals surface area contributed by atoms with Crippen LogP contribution in [0.3, 0.4) is 0 Å². The van der Waals surface area contributed by atoms with Crippen molar-refractivity contribution in [1.82, 2.24) is 0 Å². The van der Waals surface area contributed by atoms with E-state index in [9.17, 15) is 5.11 Å². The lowest BCUT2D eigenvalue weighted by molar-refractivity contribution is -0.311. The van der Waals surface area contributed by atoms with E-state index in [4.69, 9.17) is 23.7 Å². The topological polar surface area (TPSA) is 66.4 Å². The molecule has 3 rings (SSSR count). The lowest BCUT2D eigenvalue weighted by atomic mass is 9.98. The van der Waals surface area contributed by atoms with Crippen LogP contribution in [0.4, 0.5) is 0 Å². The predicted octanol–water partition coefficient (Wildman–Crippen LogP) is 3.65. The van der Waals surface area contributed by atoms with Gasteiger partial charge in [0.15, 0.2) is 6.29 Å². The van der Waals surface area contributed by atoms with Gasteiger partial charge in [-0.1, -0.05) is 72.8 Å². The molecule has 0 bridgehead atoms. The van der Waals surface area contributed by atoms with Crippen molar-refractivity contribution in [3.05, 3.63) is 97.1 Å². The van der Waals surface area contributed by atoms with Gasteiger partial charge in [-0.2, -0.15) is 0 Å². The summed E-state index contributed by atoms with van der Waals surface area (Å²) in [7, 11) is 0. The normalized spacial score (nSPS) is 25.3. The highest BCUT2D eigenvalue weighted by Gasteiger charge is 2.47. The molecule has 6 nitrogen and oxygen atoms in total. The molecule has 0 aromatic heterocycles. The maximum absolute atomic E-state index is 10.7. The molecule has 2 aromatic rings. The molecule has 1 N–H and O–H groups in total. The molecule has 1 heterocycles. The van der Waals surface area contributed by atoms with E-state index in [1.54, 1.807) is 12.2 Å². The third kappa shape index (κ3) is 7.10. The average molecular weight is 441 g/mol. The molecule has 5 atom stereocenters. The highest BCUT2D eigenvalue weighted by molar-refractivity contribution is 5.14. The molecule has 32 heavy (non-hydrogen) atoms. The number of rotatable bonds is 13. The van der Waals surface area contributed by atoms with Gasteiger partial charge < -0.3 is 28.8 Å². The summed E-state index contributed by atoms with van der Waals surface area (Å²) in [6.45, 7) is 8.99. The average Bonchev–Trinajstić information content (AvgIpc) is 2.83. The van der Waals surface area contributed by atoms with Gasteiger partial charge in [0.25, 0.3) is 0 Å². The van der Waals surface area contributed by atoms with Crippen LogP contribution in [0.15, 0.2) is 86.0 Å². The fourth-order valence-electron chi connectivity index (χ4n) is 3.59. The first-order valence-electron chi connectivity index (χ1n) is 10.8. The fourth-order valence-corrected chi connectivity index (χ4v) is 3.59. The van der Waals surface area contributed by atoms with Crippen molar-refractivity contribution in [2.75, 3.05) is 19.8 Å². The van der Waals surface area contributed by atoms with E-state index in [2.05, 4.69) is 13.2 Å². The van der Waals surface area contributed by atoms with Crippen LogP contribution in [0.5, 0.6) is 0 Å². The zero-order valence-corrected chi connectivity index (χ0v) is 18.3. The summed E-state index contributed by atoms with van der Waals surface area (Å²) in [5, 5.41) is 10.7. The number of ether oxygens (including phenoxy) is 5. The highest BCUT2D eigenvalue weighted by atomic mass is 16.7. The van der Waals surface area contributed by atoms with Gasteiger partial charge in [-0.3, -0.25) is 0 Å². The molecule has 0 saturated carbocycles. The first-order chi connectivity index (χ1) is 15.7. The Morgan fingerprint density at radius 2 is 1.31 bits per heavy atom. The Morgan fingerprint density at radius 1 is 0.750 bits per heavy atom. The van der Waals surface area contributed by atoms with Gasteiger partial charge in [-0.05, 0) is 11.1 Å². The Balaban J connectivity index is 1.73. The minimum atomic E-state index is -1.19. The number of aliphatic hydroxyl groups is 1. The Labute approximate surface area is 190 Å². The summed E-state index contributed by atoms with van der Waals surface area (Å²) in [6, 6.07) is 19.7. The molecule has 0 spiro atoms. The standard InChI is InChI=1S/C26H32O6/c1-3-15-29-23-22(19-28-17-20-11-7-5-8-12-20)32-26(27)25(30-16-4-2)24(23)31-18-21-13-9-6-10-14-21/h3-14,22-27H,1-2,15-19H2/t22-,23-,24+,25-,26?/m1/s1. The Bertz CT molecular complexity index is 796. The number of benzene rings is 2. The number of aliphatic hydroxyl groups excluding tert-OH is 1. The monoisotopic (exact) mass is 440 g/mol. The molecule has 1 aliphatic heterocycles. The van der Waals surface area contributed by atoms with Crippen molar-refractivity contribution >= 4 is 0 Å². The van der Waals surface area contributed by atoms with Crippen LogP contribution in [0.1, 0.15) is 11.1 Å². The van der Waals surface area contributed by atoms with Crippen LogP contribution < -0.4 is 0 Å². The summed E-state index contributed by atoms with van der Waals surface area (Å²) in [4.78, 5) is 0. The van der Waals surface area contributed by atoms with E-state index in [-0.39, 0.29) is 13.2 Å². The second kappa shape index (κ2) is 13.3. The van der Waals surface area contributed by atoms with Crippen molar-refractivity contribution in [1.29, 1.82) is 0 Å². The van der Waals surface area contributed by atoms with Crippen LogP contribution in [0.2, 0.25) is 0 Å². The van der Waals surface area contributed by atoms with Gasteiger partial charge in [-0.15, -0.1) is 13.2 Å². The maximum atomic E-state index is 10.7. The van der Waals surface area contributed by atoms with Gasteiger partial charge in [0, 0.05) is 0 Å². The van der Waals surface area contributed by atoms with Crippen LogP contribution in [-0.4, -0.2) is 55.6 Å². The SMILES string of the molecule is C=CCO[C@H]1[C@H](OCc2ccccc2)[C@@H](OCC=C)C(O)O[C@@H]1COCc1ccccc1. The molecule has 6 heteroatoms. The highest BCUT2D eigenvalue weighted by Crippen LogP contribution is 2.28. The minimum Gasteiger partial charge on any atom is -0.374 e. The van der Waals surface area contributed by atoms with Gasteiger partial charge in [0.1, 0.15) is 24.4 Å². The van der Waals surface area contributed by atoms with Gasteiger partial charge >= 0.3 is 0 Å². The molecule has 0 aliphatic carbocycles. The van der Waals surface area contributed by atoms with E-state index < -0.39 is 30.7 Å². The lowest BCUT2D eigenvalue weighted by Crippen LogP contribution is -2.61. The fraction of sp³-hybridized carbons (Fsp3) is 0.385. The predicted molar refractivity (Wildman–Crippen MR) is 122 cm³/mol. The van der Waals surface area contributed by atoms with Crippen LogP contribution in [0.25, 0.3) is 0 Å². The maximum Gasteiger partial charge on any atom is 0.184 e. The second-order valence-corrected chi connectivity index (χ2v) is 7.50. The molecule has 0 amide bonds. The minimum absolute atomic E-state index is 0.229. The zero-order valence-electron chi connectivity index (χ0n) is 18.3. The summed E-state index contributed by atoms with van der Waals surface area (Å²) < 4.78 is 29.8. The Hall–Kier alpha value is -2.32. The quantitative estimate of drug-likeness (QED) is 0.480. The molecule has 172 valence electrons. The first kappa shape index (κ1) is 24.3. The molecule has 0 radical (unpaired) electrons. The van der Waals surface area contributed by atoms with E-state index in [0.717, 1.165) is 11.1 Å². The van der Waals surface area contributed by atoms with Crippen LogP contribution >= 0.6 is 0 Å². The van der Waals surface area contributed by atoms with Crippen molar-refractivity contribution in [3.8, 4) is 0 Å². The molecule has 2 aromatic carbocycles. The van der Waals surface area contributed by atoms with E-state index in [1.807, 2.05) is 60.7 Å². The summed E-state index contributed by atoms with van der Waals surface area (Å²) >= 11 is 0. The largest absolute Gasteiger partial charge is 0.374 e. The van der Waals surface area contributed by atoms with Gasteiger partial charge in [-0.25, -0.2) is 0 Å². The third-order valence-corrected chi connectivity index (χ3v) is 5.10. The van der Waals surface area contributed by atoms with E-state index in [1.165, 1.54) is 0 Å².